The zero-order chi connectivity index (χ0) is 16.9. The molecule has 1 rings (SSSR count). The highest BCUT2D eigenvalue weighted by Crippen LogP contribution is 2.23. The lowest BCUT2D eigenvalue weighted by molar-refractivity contribution is -0.145. The molecule has 0 spiro atoms. The largest absolute Gasteiger partial charge is 0.491 e. The molecule has 0 fully saturated rings. The molecule has 1 aromatic carbocycles. The normalized spacial score (nSPS) is 13.5. The molecule has 0 aliphatic rings. The van der Waals surface area contributed by atoms with Crippen molar-refractivity contribution in [3.8, 4) is 5.75 Å². The van der Waals surface area contributed by atoms with Crippen LogP contribution in [0, 0.1) is 0 Å². The maximum atomic E-state index is 12.3. The van der Waals surface area contributed by atoms with Crippen LogP contribution in [-0.2, 0) is 9.53 Å². The smallest absolute Gasteiger partial charge is 0.331 e. The summed E-state index contributed by atoms with van der Waals surface area (Å²) in [6.07, 6.45) is -0.0389. The van der Waals surface area contributed by atoms with Gasteiger partial charge in [0.2, 0.25) is 0 Å². The number of carboxylic acids is 1. The third-order valence-electron chi connectivity index (χ3n) is 2.80. The molecule has 0 aromatic heterocycles. The average Bonchev–Trinajstić information content (AvgIpc) is 2.37. The van der Waals surface area contributed by atoms with E-state index in [1.54, 1.807) is 18.2 Å². The molecule has 6 nitrogen and oxygen atoms in total. The number of methoxy groups -OCH3 is 1. The molecule has 0 heterocycles. The van der Waals surface area contributed by atoms with Crippen molar-refractivity contribution < 1.29 is 24.2 Å². The summed E-state index contributed by atoms with van der Waals surface area (Å²) < 4.78 is 11.1. The van der Waals surface area contributed by atoms with Gasteiger partial charge >= 0.3 is 5.97 Å². The molecule has 7 heteroatoms. The summed E-state index contributed by atoms with van der Waals surface area (Å²) in [6, 6.07) is 4.90. The van der Waals surface area contributed by atoms with E-state index in [4.69, 9.17) is 9.47 Å². The first-order valence-corrected chi connectivity index (χ1v) is 7.49. The Morgan fingerprint density at radius 3 is 2.50 bits per heavy atom. The molecule has 1 atom stereocenters. The molecular formula is C15H20BrNO5. The maximum absolute atomic E-state index is 12.3. The second-order valence-electron chi connectivity index (χ2n) is 5.37. The number of benzene rings is 1. The molecule has 22 heavy (non-hydrogen) atoms. The van der Waals surface area contributed by atoms with Crippen molar-refractivity contribution in [3.63, 3.8) is 0 Å². The van der Waals surface area contributed by atoms with E-state index in [2.05, 4.69) is 21.2 Å². The van der Waals surface area contributed by atoms with Gasteiger partial charge in [0.15, 0.2) is 5.54 Å². The lowest BCUT2D eigenvalue weighted by Crippen LogP contribution is -2.55. The minimum Gasteiger partial charge on any atom is -0.491 e. The Kier molecular flexibility index (Phi) is 6.37. The molecular weight excluding hydrogens is 354 g/mol. The molecule has 0 aliphatic carbocycles. The van der Waals surface area contributed by atoms with Gasteiger partial charge in [-0.2, -0.15) is 0 Å². The number of hydrogen-bond acceptors (Lipinski definition) is 4. The Labute approximate surface area is 137 Å². The van der Waals surface area contributed by atoms with E-state index in [-0.39, 0.29) is 12.7 Å². The molecule has 0 bridgehead atoms. The molecule has 0 aliphatic heterocycles. The first-order valence-electron chi connectivity index (χ1n) is 6.70. The van der Waals surface area contributed by atoms with Gasteiger partial charge in [-0.1, -0.05) is 15.9 Å². The zero-order valence-corrected chi connectivity index (χ0v) is 14.6. The van der Waals surface area contributed by atoms with Gasteiger partial charge in [0.05, 0.1) is 12.7 Å². The van der Waals surface area contributed by atoms with Gasteiger partial charge < -0.3 is 19.9 Å². The number of halogens is 1. The van der Waals surface area contributed by atoms with E-state index in [0.29, 0.717) is 15.8 Å². The first-order chi connectivity index (χ1) is 10.2. The molecule has 0 radical (unpaired) electrons. The summed E-state index contributed by atoms with van der Waals surface area (Å²) in [5, 5.41) is 11.7. The van der Waals surface area contributed by atoms with Gasteiger partial charge in [-0.05, 0) is 39.0 Å². The predicted octanol–water partition coefficient (Wildman–Crippen LogP) is 2.46. The van der Waals surface area contributed by atoms with Crippen LogP contribution in [0.2, 0.25) is 0 Å². The quantitative estimate of drug-likeness (QED) is 0.766. The van der Waals surface area contributed by atoms with E-state index in [1.165, 1.54) is 14.0 Å². The fourth-order valence-corrected chi connectivity index (χ4v) is 2.27. The van der Waals surface area contributed by atoms with Crippen LogP contribution >= 0.6 is 15.9 Å². The zero-order valence-electron chi connectivity index (χ0n) is 13.0. The van der Waals surface area contributed by atoms with Crippen molar-refractivity contribution >= 4 is 27.8 Å². The highest BCUT2D eigenvalue weighted by molar-refractivity contribution is 9.10. The second-order valence-corrected chi connectivity index (χ2v) is 6.28. The Morgan fingerprint density at radius 1 is 1.36 bits per heavy atom. The van der Waals surface area contributed by atoms with Gasteiger partial charge in [0.1, 0.15) is 5.75 Å². The molecule has 122 valence electrons. The van der Waals surface area contributed by atoms with E-state index in [1.807, 2.05) is 13.8 Å². The number of rotatable bonds is 7. The summed E-state index contributed by atoms with van der Waals surface area (Å²) in [5.74, 6) is -1.16. The number of aliphatic carboxylic acids is 1. The Balaban J connectivity index is 3.02. The summed E-state index contributed by atoms with van der Waals surface area (Å²) in [6.45, 7) is 5.00. The van der Waals surface area contributed by atoms with Crippen molar-refractivity contribution in [1.29, 1.82) is 0 Å². The van der Waals surface area contributed by atoms with Crippen LogP contribution in [0.5, 0.6) is 5.75 Å². The summed E-state index contributed by atoms with van der Waals surface area (Å²) in [4.78, 5) is 23.7. The van der Waals surface area contributed by atoms with Crippen LogP contribution < -0.4 is 10.1 Å². The number of hydrogen-bond donors (Lipinski definition) is 2. The number of carbonyl (C=O) groups excluding carboxylic acids is 1. The molecule has 0 saturated heterocycles. The van der Waals surface area contributed by atoms with Crippen molar-refractivity contribution in [3.05, 3.63) is 28.2 Å². The molecule has 0 saturated carbocycles. The second kappa shape index (κ2) is 7.60. The highest BCUT2D eigenvalue weighted by Gasteiger charge is 2.35. The number of ether oxygens (including phenoxy) is 2. The maximum Gasteiger partial charge on any atom is 0.331 e. The number of carbonyl (C=O) groups is 2. The summed E-state index contributed by atoms with van der Waals surface area (Å²) >= 11 is 3.31. The predicted molar refractivity (Wildman–Crippen MR) is 85.3 cm³/mol. The SMILES string of the molecule is COCC(C)(NC(=O)c1cc(Br)cc(OC(C)C)c1)C(=O)O. The van der Waals surface area contributed by atoms with E-state index < -0.39 is 17.4 Å². The Morgan fingerprint density at radius 2 is 2.00 bits per heavy atom. The van der Waals surface area contributed by atoms with E-state index in [9.17, 15) is 14.7 Å². The van der Waals surface area contributed by atoms with Crippen molar-refractivity contribution in [2.75, 3.05) is 13.7 Å². The van der Waals surface area contributed by atoms with Crippen LogP contribution in [0.4, 0.5) is 0 Å². The van der Waals surface area contributed by atoms with Gasteiger partial charge in [0, 0.05) is 17.1 Å². The van der Waals surface area contributed by atoms with Crippen LogP contribution in [0.25, 0.3) is 0 Å². The van der Waals surface area contributed by atoms with E-state index >= 15 is 0 Å². The summed E-state index contributed by atoms with van der Waals surface area (Å²) in [7, 11) is 1.38. The van der Waals surface area contributed by atoms with Crippen molar-refractivity contribution in [2.45, 2.75) is 32.4 Å². The fraction of sp³-hybridized carbons (Fsp3) is 0.467. The summed E-state index contributed by atoms with van der Waals surface area (Å²) in [5.41, 5.74) is -1.21. The van der Waals surface area contributed by atoms with Crippen LogP contribution in [0.3, 0.4) is 0 Å². The Hall–Kier alpha value is -1.60. The molecule has 2 N–H and O–H groups in total. The molecule has 1 unspecified atom stereocenters. The third kappa shape index (κ3) is 4.99. The lowest BCUT2D eigenvalue weighted by Gasteiger charge is -2.25. The minimum absolute atomic E-state index is 0.0389. The Bertz CT molecular complexity index is 561. The number of nitrogens with one attached hydrogen (secondary N) is 1. The molecule has 1 aromatic rings. The highest BCUT2D eigenvalue weighted by atomic mass is 79.9. The van der Waals surface area contributed by atoms with Gasteiger partial charge in [-0.25, -0.2) is 4.79 Å². The number of amides is 1. The van der Waals surface area contributed by atoms with Gasteiger partial charge in [-0.15, -0.1) is 0 Å². The van der Waals surface area contributed by atoms with Crippen molar-refractivity contribution in [1.82, 2.24) is 5.32 Å². The van der Waals surface area contributed by atoms with E-state index in [0.717, 1.165) is 0 Å². The minimum atomic E-state index is -1.51. The van der Waals surface area contributed by atoms with Crippen LogP contribution in [0.1, 0.15) is 31.1 Å². The van der Waals surface area contributed by atoms with Gasteiger partial charge in [-0.3, -0.25) is 4.79 Å². The monoisotopic (exact) mass is 373 g/mol. The van der Waals surface area contributed by atoms with Crippen molar-refractivity contribution in [2.24, 2.45) is 0 Å². The lowest BCUT2D eigenvalue weighted by atomic mass is 10.0. The van der Waals surface area contributed by atoms with Gasteiger partial charge in [0.25, 0.3) is 5.91 Å². The third-order valence-corrected chi connectivity index (χ3v) is 3.26. The standard InChI is InChI=1S/C15H20BrNO5/c1-9(2)22-12-6-10(5-11(16)7-12)13(18)17-15(3,8-21-4)14(19)20/h5-7,9H,8H2,1-4H3,(H,17,18)(H,19,20). The topological polar surface area (TPSA) is 84.9 Å². The van der Waals surface area contributed by atoms with Crippen LogP contribution in [0.15, 0.2) is 22.7 Å². The fourth-order valence-electron chi connectivity index (χ4n) is 1.80. The first kappa shape index (κ1) is 18.4. The molecule has 1 amide bonds. The van der Waals surface area contributed by atoms with Crippen LogP contribution in [-0.4, -0.2) is 42.3 Å². The number of carboxylic acid groups (broad SMARTS) is 1. The average molecular weight is 374 g/mol.